The highest BCUT2D eigenvalue weighted by Crippen LogP contribution is 2.20. The summed E-state index contributed by atoms with van der Waals surface area (Å²) in [5, 5.41) is 14.0. The van der Waals surface area contributed by atoms with Crippen molar-refractivity contribution in [3.8, 4) is 22.9 Å². The minimum Gasteiger partial charge on any atom is -0.507 e. The lowest BCUT2D eigenvalue weighted by Crippen LogP contribution is -2.24. The van der Waals surface area contributed by atoms with E-state index in [1.807, 2.05) is 6.07 Å². The van der Waals surface area contributed by atoms with Crippen LogP contribution in [0.2, 0.25) is 0 Å². The normalized spacial score (nSPS) is 11.0. The molecule has 0 aliphatic heterocycles. The van der Waals surface area contributed by atoms with Crippen LogP contribution in [0, 0.1) is 0 Å². The molecule has 8 nitrogen and oxygen atoms in total. The molecule has 1 aromatic heterocycles. The SMILES string of the molecule is O=C(COc1ccc(-c2nc3ccccc3c(=O)[nH]2)cc1)N/N=C/c1ccccc1O. The number of rotatable bonds is 6. The molecule has 4 rings (SSSR count). The first-order valence-electron chi connectivity index (χ1n) is 9.42. The molecule has 0 saturated heterocycles. The maximum atomic E-state index is 12.2. The number of benzene rings is 3. The van der Waals surface area contributed by atoms with Gasteiger partial charge in [0.2, 0.25) is 0 Å². The molecular formula is C23H18N4O4. The smallest absolute Gasteiger partial charge is 0.277 e. The van der Waals surface area contributed by atoms with Gasteiger partial charge in [0, 0.05) is 11.1 Å². The Labute approximate surface area is 176 Å². The molecular weight excluding hydrogens is 396 g/mol. The van der Waals surface area contributed by atoms with Gasteiger partial charge in [0.1, 0.15) is 17.3 Å². The maximum Gasteiger partial charge on any atom is 0.277 e. The van der Waals surface area contributed by atoms with Gasteiger partial charge in [0.25, 0.3) is 11.5 Å². The van der Waals surface area contributed by atoms with Crippen molar-refractivity contribution >= 4 is 23.0 Å². The number of phenolic OH excluding ortho intramolecular Hbond substituents is 1. The van der Waals surface area contributed by atoms with Crippen molar-refractivity contribution in [2.24, 2.45) is 5.10 Å². The van der Waals surface area contributed by atoms with Crippen molar-refractivity contribution in [1.29, 1.82) is 0 Å². The van der Waals surface area contributed by atoms with Gasteiger partial charge in [-0.3, -0.25) is 9.59 Å². The Morgan fingerprint density at radius 2 is 1.81 bits per heavy atom. The van der Waals surface area contributed by atoms with Gasteiger partial charge in [-0.05, 0) is 48.5 Å². The Morgan fingerprint density at radius 1 is 1.06 bits per heavy atom. The molecule has 8 heteroatoms. The molecule has 3 N–H and O–H groups in total. The van der Waals surface area contributed by atoms with Gasteiger partial charge in [-0.1, -0.05) is 24.3 Å². The number of nitrogens with one attached hydrogen (secondary N) is 2. The van der Waals surface area contributed by atoms with Crippen molar-refractivity contribution in [1.82, 2.24) is 15.4 Å². The molecule has 0 bridgehead atoms. The van der Waals surface area contributed by atoms with E-state index in [0.29, 0.717) is 33.6 Å². The first kappa shape index (κ1) is 19.8. The van der Waals surface area contributed by atoms with E-state index in [1.54, 1.807) is 60.7 Å². The standard InChI is InChI=1S/C23H18N4O4/c28-20-8-4-1-5-16(20)13-24-27-21(29)14-31-17-11-9-15(10-12-17)22-25-19-7-3-2-6-18(19)23(30)26-22/h1-13,28H,14H2,(H,27,29)(H,25,26,30)/b24-13+. The zero-order valence-electron chi connectivity index (χ0n) is 16.3. The lowest BCUT2D eigenvalue weighted by molar-refractivity contribution is -0.123. The van der Waals surface area contributed by atoms with E-state index in [9.17, 15) is 14.7 Å². The Hall–Kier alpha value is -4.46. The molecule has 0 fully saturated rings. The summed E-state index contributed by atoms with van der Waals surface area (Å²) in [5.41, 5.74) is 3.94. The summed E-state index contributed by atoms with van der Waals surface area (Å²) in [6.07, 6.45) is 1.35. The fourth-order valence-corrected chi connectivity index (χ4v) is 2.88. The molecule has 1 amide bonds. The first-order valence-corrected chi connectivity index (χ1v) is 9.42. The number of aromatic amines is 1. The first-order chi connectivity index (χ1) is 15.1. The van der Waals surface area contributed by atoms with Crippen LogP contribution >= 0.6 is 0 Å². The topological polar surface area (TPSA) is 117 Å². The molecule has 0 radical (unpaired) electrons. The molecule has 0 saturated carbocycles. The summed E-state index contributed by atoms with van der Waals surface area (Å²) < 4.78 is 5.45. The predicted octanol–water partition coefficient (Wildman–Crippen LogP) is 2.82. The number of aromatic hydroxyl groups is 1. The highest BCUT2D eigenvalue weighted by molar-refractivity contribution is 5.85. The number of carbonyl (C=O) groups excluding carboxylic acids is 1. The van der Waals surface area contributed by atoms with Crippen LogP contribution in [0.15, 0.2) is 82.7 Å². The van der Waals surface area contributed by atoms with Crippen LogP contribution in [0.3, 0.4) is 0 Å². The van der Waals surface area contributed by atoms with E-state index >= 15 is 0 Å². The van der Waals surface area contributed by atoms with Crippen molar-refractivity contribution in [3.05, 3.63) is 88.7 Å². The minimum absolute atomic E-state index is 0.0686. The van der Waals surface area contributed by atoms with Crippen LogP contribution in [0.25, 0.3) is 22.3 Å². The third-order valence-corrected chi connectivity index (χ3v) is 4.44. The Kier molecular flexibility index (Phi) is 5.70. The fourth-order valence-electron chi connectivity index (χ4n) is 2.88. The Morgan fingerprint density at radius 3 is 2.61 bits per heavy atom. The number of hydrazone groups is 1. The molecule has 4 aromatic rings. The van der Waals surface area contributed by atoms with Gasteiger partial charge in [0.15, 0.2) is 6.61 Å². The summed E-state index contributed by atoms with van der Waals surface area (Å²) in [6.45, 7) is -0.234. The van der Waals surface area contributed by atoms with Gasteiger partial charge in [-0.25, -0.2) is 10.4 Å². The number of aromatic nitrogens is 2. The van der Waals surface area contributed by atoms with E-state index in [1.165, 1.54) is 12.3 Å². The van der Waals surface area contributed by atoms with Crippen LogP contribution in [0.4, 0.5) is 0 Å². The number of amides is 1. The lowest BCUT2D eigenvalue weighted by Gasteiger charge is -2.07. The van der Waals surface area contributed by atoms with Gasteiger partial charge in [-0.2, -0.15) is 5.10 Å². The van der Waals surface area contributed by atoms with Crippen molar-refractivity contribution in [2.75, 3.05) is 6.61 Å². The number of fused-ring (bicyclic) bond motifs is 1. The molecule has 1 heterocycles. The molecule has 0 atom stereocenters. The number of phenols is 1. The highest BCUT2D eigenvalue weighted by Gasteiger charge is 2.07. The number of hydrogen-bond donors (Lipinski definition) is 3. The van der Waals surface area contributed by atoms with Crippen LogP contribution in [-0.2, 0) is 4.79 Å². The van der Waals surface area contributed by atoms with Crippen LogP contribution in [-0.4, -0.2) is 33.8 Å². The molecule has 0 aliphatic carbocycles. The molecule has 0 unspecified atom stereocenters. The summed E-state index contributed by atoms with van der Waals surface area (Å²) >= 11 is 0. The van der Waals surface area contributed by atoms with Crippen molar-refractivity contribution in [2.45, 2.75) is 0 Å². The zero-order valence-corrected chi connectivity index (χ0v) is 16.3. The fraction of sp³-hybridized carbons (Fsp3) is 0.0435. The lowest BCUT2D eigenvalue weighted by atomic mass is 10.2. The van der Waals surface area contributed by atoms with Crippen LogP contribution in [0.1, 0.15) is 5.56 Å². The molecule has 3 aromatic carbocycles. The number of nitrogens with zero attached hydrogens (tertiary/aromatic N) is 2. The predicted molar refractivity (Wildman–Crippen MR) is 117 cm³/mol. The van der Waals surface area contributed by atoms with Crippen molar-refractivity contribution < 1.29 is 14.6 Å². The second-order valence-electron chi connectivity index (χ2n) is 6.60. The van der Waals surface area contributed by atoms with Gasteiger partial charge in [-0.15, -0.1) is 0 Å². The average Bonchev–Trinajstić information content (AvgIpc) is 2.79. The highest BCUT2D eigenvalue weighted by atomic mass is 16.5. The number of ether oxygens (including phenoxy) is 1. The monoisotopic (exact) mass is 414 g/mol. The number of para-hydroxylation sites is 2. The zero-order chi connectivity index (χ0) is 21.6. The van der Waals surface area contributed by atoms with Gasteiger partial charge < -0.3 is 14.8 Å². The minimum atomic E-state index is -0.448. The summed E-state index contributed by atoms with van der Waals surface area (Å²) in [4.78, 5) is 31.4. The van der Waals surface area contributed by atoms with E-state index < -0.39 is 5.91 Å². The van der Waals surface area contributed by atoms with Crippen molar-refractivity contribution in [3.63, 3.8) is 0 Å². The third-order valence-electron chi connectivity index (χ3n) is 4.44. The summed E-state index contributed by atoms with van der Waals surface area (Å²) in [5.74, 6) is 0.550. The second-order valence-corrected chi connectivity index (χ2v) is 6.60. The quantitative estimate of drug-likeness (QED) is 0.331. The van der Waals surface area contributed by atoms with Crippen LogP contribution in [0.5, 0.6) is 11.5 Å². The number of hydrogen-bond acceptors (Lipinski definition) is 6. The molecule has 0 spiro atoms. The van der Waals surface area contributed by atoms with E-state index in [0.717, 1.165) is 0 Å². The Bertz CT molecular complexity index is 1310. The van der Waals surface area contributed by atoms with E-state index in [-0.39, 0.29) is 17.9 Å². The van der Waals surface area contributed by atoms with Crippen LogP contribution < -0.4 is 15.7 Å². The number of carbonyl (C=O) groups is 1. The summed E-state index contributed by atoms with van der Waals surface area (Å²) in [7, 11) is 0. The third kappa shape index (κ3) is 4.76. The molecule has 31 heavy (non-hydrogen) atoms. The maximum absolute atomic E-state index is 12.2. The number of H-pyrrole nitrogens is 1. The van der Waals surface area contributed by atoms with Gasteiger partial charge in [0.05, 0.1) is 17.1 Å². The second kappa shape index (κ2) is 8.91. The average molecular weight is 414 g/mol. The molecule has 0 aliphatic rings. The summed E-state index contributed by atoms with van der Waals surface area (Å²) in [6, 6.07) is 20.6. The largest absolute Gasteiger partial charge is 0.507 e. The van der Waals surface area contributed by atoms with E-state index in [4.69, 9.17) is 4.74 Å². The Balaban J connectivity index is 1.36. The molecule has 154 valence electrons. The van der Waals surface area contributed by atoms with E-state index in [2.05, 4.69) is 20.5 Å². The van der Waals surface area contributed by atoms with Gasteiger partial charge >= 0.3 is 0 Å².